The van der Waals surface area contributed by atoms with Crippen molar-refractivity contribution in [1.29, 1.82) is 0 Å². The summed E-state index contributed by atoms with van der Waals surface area (Å²) in [5.74, 6) is 0. The molecule has 0 radical (unpaired) electrons. The van der Waals surface area contributed by atoms with Gasteiger partial charge >= 0.3 is 0 Å². The molecule has 3 aromatic heterocycles. The molecule has 0 unspecified atom stereocenters. The molecule has 0 saturated carbocycles. The van der Waals surface area contributed by atoms with Crippen LogP contribution < -0.4 is 5.56 Å². The molecule has 3 heterocycles. The van der Waals surface area contributed by atoms with Crippen molar-refractivity contribution < 1.29 is 0 Å². The largest absolute Gasteiger partial charge is 0.269 e. The van der Waals surface area contributed by atoms with Crippen molar-refractivity contribution in [2.24, 2.45) is 0 Å². The minimum Gasteiger partial charge on any atom is -0.269 e. The van der Waals surface area contributed by atoms with Gasteiger partial charge in [0.2, 0.25) is 0 Å². The lowest BCUT2D eigenvalue weighted by atomic mass is 10.1. The fourth-order valence-electron chi connectivity index (χ4n) is 2.40. The molecule has 0 amide bonds. The molecular weight excluding hydrogens is 264 g/mol. The van der Waals surface area contributed by atoms with Crippen LogP contribution in [0.2, 0.25) is 0 Å². The molecule has 100 valence electrons. The molecule has 5 nitrogen and oxygen atoms in total. The molecule has 5 heteroatoms. The summed E-state index contributed by atoms with van der Waals surface area (Å²) >= 11 is 0. The second-order valence-electron chi connectivity index (χ2n) is 4.67. The van der Waals surface area contributed by atoms with Crippen LogP contribution in [0.1, 0.15) is 0 Å². The van der Waals surface area contributed by atoms with Crippen LogP contribution in [0.25, 0.3) is 27.8 Å². The molecule has 0 N–H and O–H groups in total. The zero-order valence-electron chi connectivity index (χ0n) is 11.0. The Bertz CT molecular complexity index is 1010. The molecule has 21 heavy (non-hydrogen) atoms. The summed E-state index contributed by atoms with van der Waals surface area (Å²) in [4.78, 5) is 24.9. The fraction of sp³-hybridized carbons (Fsp3) is 0. The maximum Gasteiger partial charge on any atom is 0.258 e. The standard InChI is InChI=1S/C16H10N4O/c21-15-9-14(13-5-7-17-10-18-13)19-16-12-4-2-1-3-11(12)6-8-20(15)16/h1-10H. The topological polar surface area (TPSA) is 60.2 Å². The second kappa shape index (κ2) is 4.49. The summed E-state index contributed by atoms with van der Waals surface area (Å²) < 4.78 is 1.55. The van der Waals surface area contributed by atoms with E-state index >= 15 is 0 Å². The van der Waals surface area contributed by atoms with E-state index in [1.165, 1.54) is 12.4 Å². The third-order valence-corrected chi connectivity index (χ3v) is 3.40. The molecule has 0 saturated heterocycles. The number of hydrogen-bond acceptors (Lipinski definition) is 4. The van der Waals surface area contributed by atoms with Gasteiger partial charge in [-0.15, -0.1) is 0 Å². The quantitative estimate of drug-likeness (QED) is 0.500. The molecule has 0 bridgehead atoms. The lowest BCUT2D eigenvalue weighted by molar-refractivity contribution is 1.05. The second-order valence-corrected chi connectivity index (χ2v) is 4.67. The van der Waals surface area contributed by atoms with Gasteiger partial charge in [0.05, 0.1) is 11.4 Å². The van der Waals surface area contributed by atoms with E-state index in [0.29, 0.717) is 17.0 Å². The summed E-state index contributed by atoms with van der Waals surface area (Å²) in [6, 6.07) is 13.0. The molecule has 4 rings (SSSR count). The Labute approximate surface area is 119 Å². The first-order valence-corrected chi connectivity index (χ1v) is 6.50. The maximum absolute atomic E-state index is 12.3. The lowest BCUT2D eigenvalue weighted by Gasteiger charge is -2.06. The van der Waals surface area contributed by atoms with Gasteiger partial charge in [-0.2, -0.15) is 0 Å². The van der Waals surface area contributed by atoms with Gasteiger partial charge in [-0.3, -0.25) is 9.20 Å². The van der Waals surface area contributed by atoms with Crippen LogP contribution in [-0.2, 0) is 0 Å². The predicted octanol–water partition coefficient (Wildman–Crippen LogP) is 2.30. The van der Waals surface area contributed by atoms with Crippen molar-refractivity contribution in [3.63, 3.8) is 0 Å². The number of rotatable bonds is 1. The average molecular weight is 274 g/mol. The Balaban J connectivity index is 2.13. The van der Waals surface area contributed by atoms with Crippen LogP contribution in [0.3, 0.4) is 0 Å². The number of pyridine rings is 1. The van der Waals surface area contributed by atoms with E-state index in [9.17, 15) is 4.79 Å². The highest BCUT2D eigenvalue weighted by Gasteiger charge is 2.08. The molecule has 0 fully saturated rings. The van der Waals surface area contributed by atoms with Gasteiger partial charge < -0.3 is 0 Å². The van der Waals surface area contributed by atoms with Crippen LogP contribution >= 0.6 is 0 Å². The Kier molecular flexibility index (Phi) is 2.50. The molecule has 0 aliphatic heterocycles. The number of fused-ring (bicyclic) bond motifs is 3. The van der Waals surface area contributed by atoms with Crippen molar-refractivity contribution >= 4 is 16.4 Å². The summed E-state index contributed by atoms with van der Waals surface area (Å²) in [5, 5.41) is 1.98. The van der Waals surface area contributed by atoms with Gasteiger partial charge in [0.15, 0.2) is 0 Å². The van der Waals surface area contributed by atoms with E-state index in [2.05, 4.69) is 15.0 Å². The van der Waals surface area contributed by atoms with Gasteiger partial charge in [0.1, 0.15) is 12.0 Å². The third kappa shape index (κ3) is 1.87. The maximum atomic E-state index is 12.3. The molecule has 0 aliphatic rings. The van der Waals surface area contributed by atoms with Crippen molar-refractivity contribution in [3.05, 3.63) is 71.5 Å². The number of nitrogens with zero attached hydrogens (tertiary/aromatic N) is 4. The summed E-state index contributed by atoms with van der Waals surface area (Å²) in [7, 11) is 0. The van der Waals surface area contributed by atoms with E-state index in [1.54, 1.807) is 22.9 Å². The van der Waals surface area contributed by atoms with Gasteiger partial charge in [0.25, 0.3) is 5.56 Å². The smallest absolute Gasteiger partial charge is 0.258 e. The number of benzene rings is 1. The van der Waals surface area contributed by atoms with Gasteiger partial charge in [-0.05, 0) is 17.5 Å². The Morgan fingerprint density at radius 1 is 1.00 bits per heavy atom. The van der Waals surface area contributed by atoms with Crippen molar-refractivity contribution in [2.45, 2.75) is 0 Å². The first-order chi connectivity index (χ1) is 10.3. The number of aromatic nitrogens is 4. The van der Waals surface area contributed by atoms with E-state index < -0.39 is 0 Å². The Morgan fingerprint density at radius 3 is 2.76 bits per heavy atom. The molecule has 0 atom stereocenters. The molecule has 4 aromatic rings. The predicted molar refractivity (Wildman–Crippen MR) is 80.0 cm³/mol. The van der Waals surface area contributed by atoms with Crippen molar-refractivity contribution in [2.75, 3.05) is 0 Å². The summed E-state index contributed by atoms with van der Waals surface area (Å²) in [6.45, 7) is 0. The van der Waals surface area contributed by atoms with Crippen LogP contribution in [0.4, 0.5) is 0 Å². The molecular formula is C16H10N4O. The first-order valence-electron chi connectivity index (χ1n) is 6.50. The van der Waals surface area contributed by atoms with E-state index in [-0.39, 0.29) is 5.56 Å². The fourth-order valence-corrected chi connectivity index (χ4v) is 2.40. The van der Waals surface area contributed by atoms with E-state index in [0.717, 1.165) is 10.8 Å². The highest BCUT2D eigenvalue weighted by molar-refractivity contribution is 5.94. The van der Waals surface area contributed by atoms with Gasteiger partial charge in [-0.1, -0.05) is 24.3 Å². The van der Waals surface area contributed by atoms with Crippen LogP contribution in [-0.4, -0.2) is 19.4 Å². The molecule has 0 spiro atoms. The molecule has 0 aliphatic carbocycles. The summed E-state index contributed by atoms with van der Waals surface area (Å²) in [6.07, 6.45) is 4.83. The first kappa shape index (κ1) is 11.7. The Morgan fingerprint density at radius 2 is 1.90 bits per heavy atom. The van der Waals surface area contributed by atoms with Crippen molar-refractivity contribution in [3.8, 4) is 11.4 Å². The zero-order chi connectivity index (χ0) is 14.2. The van der Waals surface area contributed by atoms with Crippen LogP contribution in [0, 0.1) is 0 Å². The van der Waals surface area contributed by atoms with E-state index in [1.807, 2.05) is 30.3 Å². The highest BCUT2D eigenvalue weighted by Crippen LogP contribution is 2.19. The average Bonchev–Trinajstić information content (AvgIpc) is 2.55. The minimum atomic E-state index is -0.126. The molecule has 1 aromatic carbocycles. The monoisotopic (exact) mass is 274 g/mol. The SMILES string of the molecule is O=c1cc(-c2ccncn2)nc2c3ccccc3ccn12. The van der Waals surface area contributed by atoms with Crippen molar-refractivity contribution in [1.82, 2.24) is 19.4 Å². The van der Waals surface area contributed by atoms with E-state index in [4.69, 9.17) is 0 Å². The zero-order valence-corrected chi connectivity index (χ0v) is 11.0. The number of hydrogen-bond donors (Lipinski definition) is 0. The van der Waals surface area contributed by atoms with Gasteiger partial charge in [0, 0.05) is 23.8 Å². The summed E-state index contributed by atoms with van der Waals surface area (Å²) in [5.41, 5.74) is 1.70. The lowest BCUT2D eigenvalue weighted by Crippen LogP contribution is -2.14. The third-order valence-electron chi connectivity index (χ3n) is 3.40. The van der Waals surface area contributed by atoms with Gasteiger partial charge in [-0.25, -0.2) is 15.0 Å². The normalized spacial score (nSPS) is 11.0. The van der Waals surface area contributed by atoms with Crippen LogP contribution in [0.15, 0.2) is 66.0 Å². The highest BCUT2D eigenvalue weighted by atomic mass is 16.1. The van der Waals surface area contributed by atoms with Crippen LogP contribution in [0.5, 0.6) is 0 Å². The minimum absolute atomic E-state index is 0.126. The Hall–Kier alpha value is -3.08.